The molecule has 1 aliphatic heterocycles. The van der Waals surface area contributed by atoms with Gasteiger partial charge in [0.1, 0.15) is 11.1 Å². The van der Waals surface area contributed by atoms with Crippen molar-refractivity contribution in [3.8, 4) is 0 Å². The van der Waals surface area contributed by atoms with Crippen LogP contribution in [0.5, 0.6) is 0 Å². The number of carbonyl (C=O) groups is 2. The molecule has 2 N–H and O–H groups in total. The molecule has 1 aliphatic rings. The molecule has 0 saturated carbocycles. The Morgan fingerprint density at radius 3 is 2.57 bits per heavy atom. The van der Waals surface area contributed by atoms with E-state index in [2.05, 4.69) is 15.6 Å². The van der Waals surface area contributed by atoms with E-state index in [4.69, 9.17) is 0 Å². The molecule has 3 rings (SSSR count). The smallest absolute Gasteiger partial charge is 0.326 e. The topological polar surface area (TPSA) is 70.6 Å². The van der Waals surface area contributed by atoms with E-state index in [1.807, 2.05) is 0 Å². The Hall–Kier alpha value is -2.88. The summed E-state index contributed by atoms with van der Waals surface area (Å²) >= 11 is 0.956. The maximum Gasteiger partial charge on any atom is 0.416 e. The number of nitrogens with zero attached hydrogens (tertiary/aromatic N) is 1. The van der Waals surface area contributed by atoms with Gasteiger partial charge in [0.15, 0.2) is 5.17 Å². The first-order valence-electron chi connectivity index (χ1n) is 7.99. The summed E-state index contributed by atoms with van der Waals surface area (Å²) in [5, 5.41) is 4.33. The van der Waals surface area contributed by atoms with Crippen molar-refractivity contribution in [2.45, 2.75) is 17.8 Å². The number of hydrogen-bond acceptors (Lipinski definition) is 4. The fraction of sp³-hybridized carbons (Fsp3) is 0.167. The van der Waals surface area contributed by atoms with Gasteiger partial charge in [0, 0.05) is 12.1 Å². The number of carbonyl (C=O) groups excluding carboxylic acids is 2. The number of aliphatic imine (C=N–C) groups is 1. The van der Waals surface area contributed by atoms with E-state index in [0.717, 1.165) is 23.9 Å². The minimum Gasteiger partial charge on any atom is -0.326 e. The molecule has 5 nitrogen and oxygen atoms in total. The van der Waals surface area contributed by atoms with Gasteiger partial charge in [-0.2, -0.15) is 13.2 Å². The zero-order valence-corrected chi connectivity index (χ0v) is 14.9. The quantitative estimate of drug-likeness (QED) is 0.745. The minimum atomic E-state index is -4.50. The van der Waals surface area contributed by atoms with Gasteiger partial charge in [-0.3, -0.25) is 9.59 Å². The van der Waals surface area contributed by atoms with E-state index in [0.29, 0.717) is 5.69 Å². The van der Waals surface area contributed by atoms with E-state index in [9.17, 15) is 27.2 Å². The number of alkyl halides is 3. The highest BCUT2D eigenvalue weighted by Gasteiger charge is 2.33. The number of hydrogen-bond donors (Lipinski definition) is 2. The summed E-state index contributed by atoms with van der Waals surface area (Å²) in [6.45, 7) is 0. The summed E-state index contributed by atoms with van der Waals surface area (Å²) in [4.78, 5) is 28.1. The average molecular weight is 411 g/mol. The van der Waals surface area contributed by atoms with Gasteiger partial charge in [0.05, 0.1) is 11.3 Å². The van der Waals surface area contributed by atoms with Crippen LogP contribution in [-0.2, 0) is 15.8 Å². The summed E-state index contributed by atoms with van der Waals surface area (Å²) in [6.07, 6.45) is -4.67. The standard InChI is InChI=1S/C18H13F4N3O2S/c19-11-4-6-12(7-5-11)23-15(26)9-14-16(27)25-17(28-14)24-13-3-1-2-10(8-13)18(20,21)22/h1-8,14H,9H2,(H,23,26)(H,24,25,27). The molecule has 0 radical (unpaired) electrons. The van der Waals surface area contributed by atoms with Crippen molar-refractivity contribution in [3.63, 3.8) is 0 Å². The van der Waals surface area contributed by atoms with E-state index < -0.39 is 34.6 Å². The summed E-state index contributed by atoms with van der Waals surface area (Å²) in [5.74, 6) is -1.37. The molecule has 2 aromatic rings. The SMILES string of the molecule is O=C(CC1SC(=Nc2cccc(C(F)(F)F)c2)NC1=O)Nc1ccc(F)cc1. The van der Waals surface area contributed by atoms with Crippen molar-refractivity contribution in [2.24, 2.45) is 4.99 Å². The molecule has 0 aromatic heterocycles. The largest absolute Gasteiger partial charge is 0.416 e. The van der Waals surface area contributed by atoms with Crippen LogP contribution >= 0.6 is 11.8 Å². The molecule has 1 atom stereocenters. The molecule has 1 saturated heterocycles. The normalized spacial score (nSPS) is 18.2. The second-order valence-corrected chi connectivity index (χ2v) is 7.01. The van der Waals surface area contributed by atoms with Crippen molar-refractivity contribution >= 4 is 40.1 Å². The number of amides is 2. The maximum atomic E-state index is 12.9. The fourth-order valence-corrected chi connectivity index (χ4v) is 3.36. The lowest BCUT2D eigenvalue weighted by Gasteiger charge is -2.07. The van der Waals surface area contributed by atoms with Crippen LogP contribution < -0.4 is 10.6 Å². The number of rotatable bonds is 4. The van der Waals surface area contributed by atoms with Gasteiger partial charge in [-0.1, -0.05) is 17.8 Å². The van der Waals surface area contributed by atoms with Gasteiger partial charge < -0.3 is 10.6 Å². The molecule has 0 spiro atoms. The van der Waals surface area contributed by atoms with Crippen molar-refractivity contribution in [1.82, 2.24) is 5.32 Å². The van der Waals surface area contributed by atoms with Gasteiger partial charge in [0.25, 0.3) is 0 Å². The predicted octanol–water partition coefficient (Wildman–Crippen LogP) is 4.09. The third-order valence-corrected chi connectivity index (χ3v) is 4.76. The molecule has 10 heteroatoms. The molecule has 28 heavy (non-hydrogen) atoms. The highest BCUT2D eigenvalue weighted by molar-refractivity contribution is 8.15. The van der Waals surface area contributed by atoms with E-state index in [-0.39, 0.29) is 17.3 Å². The van der Waals surface area contributed by atoms with Crippen molar-refractivity contribution in [2.75, 3.05) is 5.32 Å². The average Bonchev–Trinajstić information content (AvgIpc) is 2.95. The van der Waals surface area contributed by atoms with Gasteiger partial charge in [-0.05, 0) is 42.5 Å². The molecule has 2 amide bonds. The van der Waals surface area contributed by atoms with Crippen LogP contribution in [0.15, 0.2) is 53.5 Å². The lowest BCUT2D eigenvalue weighted by atomic mass is 10.2. The number of thioether (sulfide) groups is 1. The Morgan fingerprint density at radius 2 is 1.89 bits per heavy atom. The molecule has 146 valence electrons. The molecule has 2 aromatic carbocycles. The summed E-state index contributed by atoms with van der Waals surface area (Å²) in [6, 6.07) is 9.53. The van der Waals surface area contributed by atoms with Gasteiger partial charge in [-0.15, -0.1) is 0 Å². The van der Waals surface area contributed by atoms with Crippen molar-refractivity contribution < 1.29 is 27.2 Å². The Balaban J connectivity index is 1.64. The Kier molecular flexibility index (Phi) is 5.68. The molecule has 1 unspecified atom stereocenters. The molecule has 1 heterocycles. The zero-order valence-electron chi connectivity index (χ0n) is 14.1. The molecule has 1 fully saturated rings. The molecular weight excluding hydrogens is 398 g/mol. The number of halogens is 4. The van der Waals surface area contributed by atoms with E-state index in [1.54, 1.807) is 0 Å². The molecule has 0 bridgehead atoms. The summed E-state index contributed by atoms with van der Waals surface area (Å²) in [7, 11) is 0. The van der Waals surface area contributed by atoms with Crippen molar-refractivity contribution in [3.05, 3.63) is 59.9 Å². The lowest BCUT2D eigenvalue weighted by Crippen LogP contribution is -2.28. The van der Waals surface area contributed by atoms with E-state index in [1.165, 1.54) is 36.4 Å². The van der Waals surface area contributed by atoms with Crippen LogP contribution in [0, 0.1) is 5.82 Å². The predicted molar refractivity (Wildman–Crippen MR) is 97.7 cm³/mol. The van der Waals surface area contributed by atoms with Crippen LogP contribution in [0.2, 0.25) is 0 Å². The Labute approximate surface area is 161 Å². The highest BCUT2D eigenvalue weighted by Crippen LogP contribution is 2.32. The zero-order chi connectivity index (χ0) is 20.3. The van der Waals surface area contributed by atoms with Crippen LogP contribution in [0.1, 0.15) is 12.0 Å². The first kappa shape index (κ1) is 19.9. The first-order valence-corrected chi connectivity index (χ1v) is 8.87. The minimum absolute atomic E-state index is 0.0361. The van der Waals surface area contributed by atoms with Crippen molar-refractivity contribution in [1.29, 1.82) is 0 Å². The van der Waals surface area contributed by atoms with Crippen LogP contribution in [0.4, 0.5) is 28.9 Å². The van der Waals surface area contributed by atoms with Crippen LogP contribution in [0.3, 0.4) is 0 Å². The number of amidine groups is 1. The van der Waals surface area contributed by atoms with Gasteiger partial charge >= 0.3 is 6.18 Å². The summed E-state index contributed by atoms with van der Waals surface area (Å²) in [5.41, 5.74) is -0.430. The molecular formula is C18H13F4N3O2S. The third-order valence-electron chi connectivity index (χ3n) is 3.68. The van der Waals surface area contributed by atoms with Gasteiger partial charge in [-0.25, -0.2) is 9.38 Å². The van der Waals surface area contributed by atoms with E-state index >= 15 is 0 Å². The second kappa shape index (κ2) is 8.01. The lowest BCUT2D eigenvalue weighted by molar-refractivity contribution is -0.137. The highest BCUT2D eigenvalue weighted by atomic mass is 32.2. The summed E-state index contributed by atoms with van der Waals surface area (Å²) < 4.78 is 51.2. The van der Waals surface area contributed by atoms with Crippen LogP contribution in [-0.4, -0.2) is 22.2 Å². The second-order valence-electron chi connectivity index (χ2n) is 5.82. The Morgan fingerprint density at radius 1 is 1.18 bits per heavy atom. The number of nitrogens with one attached hydrogen (secondary N) is 2. The first-order chi connectivity index (χ1) is 13.2. The number of anilines is 1. The third kappa shape index (κ3) is 5.10. The molecule has 0 aliphatic carbocycles. The van der Waals surface area contributed by atoms with Crippen LogP contribution in [0.25, 0.3) is 0 Å². The fourth-order valence-electron chi connectivity index (χ4n) is 2.37. The number of benzene rings is 2. The van der Waals surface area contributed by atoms with Gasteiger partial charge in [0.2, 0.25) is 11.8 Å². The maximum absolute atomic E-state index is 12.9. The monoisotopic (exact) mass is 411 g/mol. The Bertz CT molecular complexity index is 929.